The Hall–Kier alpha value is -1.99. The second kappa shape index (κ2) is 7.06. The van der Waals surface area contributed by atoms with Crippen LogP contribution in [0.3, 0.4) is 0 Å². The Morgan fingerprint density at radius 1 is 1.30 bits per heavy atom. The summed E-state index contributed by atoms with van der Waals surface area (Å²) in [6.45, 7) is 6.04. The van der Waals surface area contributed by atoms with Gasteiger partial charge in [-0.05, 0) is 56.8 Å². The Kier molecular flexibility index (Phi) is 5.33. The predicted molar refractivity (Wildman–Crippen MR) is 93.4 cm³/mol. The van der Waals surface area contributed by atoms with Crippen molar-refractivity contribution in [2.75, 3.05) is 6.79 Å². The molecule has 0 saturated carbocycles. The molecule has 23 heavy (non-hydrogen) atoms. The predicted octanol–water partition coefficient (Wildman–Crippen LogP) is 2.38. The third kappa shape index (κ3) is 5.30. The van der Waals surface area contributed by atoms with E-state index < -0.39 is 0 Å². The first kappa shape index (κ1) is 17.4. The average molecular weight is 356 g/mol. The van der Waals surface area contributed by atoms with E-state index in [4.69, 9.17) is 33.3 Å². The van der Waals surface area contributed by atoms with Gasteiger partial charge in [0, 0.05) is 11.6 Å². The van der Waals surface area contributed by atoms with Crippen molar-refractivity contribution in [2.45, 2.75) is 26.3 Å². The first-order valence-electron chi connectivity index (χ1n) is 6.90. The van der Waals surface area contributed by atoms with E-state index in [0.29, 0.717) is 21.6 Å². The van der Waals surface area contributed by atoms with Crippen LogP contribution in [0, 0.1) is 0 Å². The number of thiocarbonyl (C=S) groups is 1. The van der Waals surface area contributed by atoms with Crippen molar-refractivity contribution in [2.24, 2.45) is 0 Å². The van der Waals surface area contributed by atoms with E-state index in [0.717, 1.165) is 5.56 Å². The summed E-state index contributed by atoms with van der Waals surface area (Å²) in [7, 11) is 0. The molecule has 1 heterocycles. The normalized spacial score (nSPS) is 13.0. The van der Waals surface area contributed by atoms with Crippen LogP contribution >= 0.6 is 23.8 Å². The van der Waals surface area contributed by atoms with Crippen LogP contribution in [0.15, 0.2) is 18.2 Å². The number of rotatable bonds is 2. The van der Waals surface area contributed by atoms with Gasteiger partial charge in [-0.3, -0.25) is 15.6 Å². The highest BCUT2D eigenvalue weighted by molar-refractivity contribution is 7.80. The molecule has 124 valence electrons. The standard InChI is InChI=1S/C15H18ClN3O3S/c1-15(2,3)17-14(23)19-18-12(20)5-4-9-6-10(16)13-11(7-9)21-8-22-13/h4-7H,8H2,1-3H3,(H,18,20)(H2,17,19,23)/b5-4+. The Balaban J connectivity index is 1.89. The van der Waals surface area contributed by atoms with Crippen LogP contribution in [-0.4, -0.2) is 23.4 Å². The van der Waals surface area contributed by atoms with Gasteiger partial charge in [0.05, 0.1) is 5.02 Å². The summed E-state index contributed by atoms with van der Waals surface area (Å²) in [5, 5.41) is 3.79. The third-order valence-corrected chi connectivity index (χ3v) is 3.15. The van der Waals surface area contributed by atoms with Crippen molar-refractivity contribution >= 4 is 40.9 Å². The van der Waals surface area contributed by atoms with Crippen molar-refractivity contribution in [3.05, 3.63) is 28.8 Å². The summed E-state index contributed by atoms with van der Waals surface area (Å²) in [6, 6.07) is 3.44. The first-order chi connectivity index (χ1) is 10.7. The number of halogens is 1. The molecular formula is C15H18ClN3O3S. The third-order valence-electron chi connectivity index (χ3n) is 2.66. The van der Waals surface area contributed by atoms with Crippen molar-refractivity contribution in [1.82, 2.24) is 16.2 Å². The molecule has 1 aromatic rings. The molecule has 6 nitrogen and oxygen atoms in total. The lowest BCUT2D eigenvalue weighted by molar-refractivity contribution is -0.117. The number of fused-ring (bicyclic) bond motifs is 1. The minimum atomic E-state index is -0.350. The fourth-order valence-corrected chi connectivity index (χ4v) is 2.42. The SMILES string of the molecule is CC(C)(C)NC(=S)NNC(=O)/C=C/c1cc(Cl)c2c(c1)OCO2. The Morgan fingerprint density at radius 2 is 2.04 bits per heavy atom. The Bertz CT molecular complexity index is 656. The smallest absolute Gasteiger partial charge is 0.262 e. The zero-order valence-electron chi connectivity index (χ0n) is 13.0. The summed E-state index contributed by atoms with van der Waals surface area (Å²) >= 11 is 11.1. The topological polar surface area (TPSA) is 71.6 Å². The van der Waals surface area contributed by atoms with E-state index in [1.807, 2.05) is 20.8 Å². The molecule has 0 aliphatic carbocycles. The van der Waals surface area contributed by atoms with Crippen LogP contribution in [0.2, 0.25) is 5.02 Å². The Labute approximate surface area is 145 Å². The summed E-state index contributed by atoms with van der Waals surface area (Å²) in [4.78, 5) is 11.8. The molecule has 1 aliphatic heterocycles. The average Bonchev–Trinajstić information content (AvgIpc) is 2.90. The molecule has 0 saturated heterocycles. The summed E-state index contributed by atoms with van der Waals surface area (Å²) in [5.41, 5.74) is 5.64. The van der Waals surface area contributed by atoms with Crippen LogP contribution in [-0.2, 0) is 4.79 Å². The molecule has 0 bridgehead atoms. The van der Waals surface area contributed by atoms with E-state index in [1.165, 1.54) is 6.08 Å². The van der Waals surface area contributed by atoms with Gasteiger partial charge in [-0.2, -0.15) is 0 Å². The highest BCUT2D eigenvalue weighted by Crippen LogP contribution is 2.39. The minimum absolute atomic E-state index is 0.144. The summed E-state index contributed by atoms with van der Waals surface area (Å²) in [6.07, 6.45) is 2.98. The highest BCUT2D eigenvalue weighted by atomic mass is 35.5. The first-order valence-corrected chi connectivity index (χ1v) is 7.68. The van der Waals surface area contributed by atoms with Crippen molar-refractivity contribution < 1.29 is 14.3 Å². The molecular weight excluding hydrogens is 338 g/mol. The monoisotopic (exact) mass is 355 g/mol. The second-order valence-corrected chi connectivity index (χ2v) is 6.70. The van der Waals surface area contributed by atoms with Crippen LogP contribution in [0.25, 0.3) is 6.08 Å². The molecule has 0 radical (unpaired) electrons. The van der Waals surface area contributed by atoms with E-state index in [-0.39, 0.29) is 18.2 Å². The molecule has 0 fully saturated rings. The fraction of sp³-hybridized carbons (Fsp3) is 0.333. The van der Waals surface area contributed by atoms with E-state index >= 15 is 0 Å². The fourth-order valence-electron chi connectivity index (χ4n) is 1.79. The van der Waals surface area contributed by atoms with Gasteiger partial charge in [-0.25, -0.2) is 0 Å². The van der Waals surface area contributed by atoms with Crippen molar-refractivity contribution in [3.8, 4) is 11.5 Å². The van der Waals surface area contributed by atoms with Gasteiger partial charge in [0.25, 0.3) is 5.91 Å². The molecule has 3 N–H and O–H groups in total. The summed E-state index contributed by atoms with van der Waals surface area (Å²) < 4.78 is 10.5. The van der Waals surface area contributed by atoms with Crippen LogP contribution in [0.1, 0.15) is 26.3 Å². The zero-order chi connectivity index (χ0) is 17.0. The number of carbonyl (C=O) groups is 1. The maximum absolute atomic E-state index is 11.8. The van der Waals surface area contributed by atoms with Crippen LogP contribution in [0.5, 0.6) is 11.5 Å². The number of hydrogen-bond donors (Lipinski definition) is 3. The Morgan fingerprint density at radius 3 is 2.74 bits per heavy atom. The van der Waals surface area contributed by atoms with Crippen LogP contribution in [0.4, 0.5) is 0 Å². The molecule has 1 aliphatic rings. The van der Waals surface area contributed by atoms with E-state index in [1.54, 1.807) is 18.2 Å². The molecule has 2 rings (SSSR count). The highest BCUT2D eigenvalue weighted by Gasteiger charge is 2.17. The second-order valence-electron chi connectivity index (χ2n) is 5.89. The molecule has 1 aromatic carbocycles. The quantitative estimate of drug-likeness (QED) is 0.430. The minimum Gasteiger partial charge on any atom is -0.454 e. The maximum Gasteiger partial charge on any atom is 0.262 e. The zero-order valence-corrected chi connectivity index (χ0v) is 14.6. The van der Waals surface area contributed by atoms with Crippen molar-refractivity contribution in [3.63, 3.8) is 0 Å². The van der Waals surface area contributed by atoms with E-state index in [2.05, 4.69) is 16.2 Å². The van der Waals surface area contributed by atoms with Crippen LogP contribution < -0.4 is 25.6 Å². The molecule has 8 heteroatoms. The van der Waals surface area contributed by atoms with Gasteiger partial charge in [0.2, 0.25) is 6.79 Å². The van der Waals surface area contributed by atoms with E-state index in [9.17, 15) is 4.79 Å². The number of hydrogen-bond acceptors (Lipinski definition) is 4. The maximum atomic E-state index is 11.8. The number of ether oxygens (including phenoxy) is 2. The largest absolute Gasteiger partial charge is 0.454 e. The molecule has 1 amide bonds. The summed E-state index contributed by atoms with van der Waals surface area (Å²) in [5.74, 6) is 0.733. The van der Waals surface area contributed by atoms with Gasteiger partial charge in [-0.1, -0.05) is 11.6 Å². The lowest BCUT2D eigenvalue weighted by Gasteiger charge is -2.22. The molecule has 0 atom stereocenters. The van der Waals surface area contributed by atoms with Gasteiger partial charge >= 0.3 is 0 Å². The number of carbonyl (C=O) groups excluding carboxylic acids is 1. The number of nitrogens with one attached hydrogen (secondary N) is 3. The number of hydrazine groups is 1. The molecule has 0 unspecified atom stereocenters. The van der Waals surface area contributed by atoms with Gasteiger partial charge < -0.3 is 14.8 Å². The van der Waals surface area contributed by atoms with Gasteiger partial charge in [0.15, 0.2) is 16.6 Å². The molecule has 0 spiro atoms. The number of amides is 1. The number of benzene rings is 1. The molecule has 0 aromatic heterocycles. The van der Waals surface area contributed by atoms with Gasteiger partial charge in [0.1, 0.15) is 0 Å². The lowest BCUT2D eigenvalue weighted by atomic mass is 10.1. The van der Waals surface area contributed by atoms with Gasteiger partial charge in [-0.15, -0.1) is 0 Å². The van der Waals surface area contributed by atoms with Crippen molar-refractivity contribution in [1.29, 1.82) is 0 Å². The lowest BCUT2D eigenvalue weighted by Crippen LogP contribution is -2.51.